The minimum absolute atomic E-state index is 0.0100. The molecular weight excluding hydrogens is 402 g/mol. The molecule has 2 amide bonds. The number of aliphatic hydroxyl groups is 1. The molecule has 2 aliphatic rings. The van der Waals surface area contributed by atoms with Gasteiger partial charge in [-0.15, -0.1) is 0 Å². The van der Waals surface area contributed by atoms with E-state index in [9.17, 15) is 14.9 Å². The summed E-state index contributed by atoms with van der Waals surface area (Å²) in [5.41, 5.74) is 4.72. The SMILES string of the molecule is N#CC(Cc1ccc(-c2ccc3c(c2)CN(CCO)C3=O)cc1)NC(=O)C1CCCCC1. The molecule has 2 aromatic rings. The minimum atomic E-state index is -0.529. The Morgan fingerprint density at radius 1 is 1.12 bits per heavy atom. The van der Waals surface area contributed by atoms with Crippen LogP contribution in [0.25, 0.3) is 11.1 Å². The third-order valence-electron chi connectivity index (χ3n) is 6.53. The van der Waals surface area contributed by atoms with Crippen LogP contribution in [0.3, 0.4) is 0 Å². The summed E-state index contributed by atoms with van der Waals surface area (Å²) >= 11 is 0. The van der Waals surface area contributed by atoms with E-state index in [0.717, 1.165) is 47.9 Å². The van der Waals surface area contributed by atoms with Crippen molar-refractivity contribution in [1.29, 1.82) is 5.26 Å². The Kier molecular flexibility index (Phi) is 6.87. The van der Waals surface area contributed by atoms with Gasteiger partial charge >= 0.3 is 0 Å². The van der Waals surface area contributed by atoms with Crippen molar-refractivity contribution in [3.63, 3.8) is 0 Å². The van der Waals surface area contributed by atoms with Crippen LogP contribution in [0.2, 0.25) is 0 Å². The maximum atomic E-state index is 12.5. The molecule has 0 bridgehead atoms. The summed E-state index contributed by atoms with van der Waals surface area (Å²) in [6.07, 6.45) is 5.69. The number of fused-ring (bicyclic) bond motifs is 1. The first-order valence-corrected chi connectivity index (χ1v) is 11.4. The molecule has 2 aromatic carbocycles. The summed E-state index contributed by atoms with van der Waals surface area (Å²) in [4.78, 5) is 26.5. The van der Waals surface area contributed by atoms with Crippen molar-refractivity contribution in [2.75, 3.05) is 13.2 Å². The summed E-state index contributed by atoms with van der Waals surface area (Å²) in [7, 11) is 0. The molecule has 1 aliphatic carbocycles. The van der Waals surface area contributed by atoms with Gasteiger partial charge in [0.05, 0.1) is 12.7 Å². The van der Waals surface area contributed by atoms with Crippen LogP contribution in [0.1, 0.15) is 53.6 Å². The van der Waals surface area contributed by atoms with Gasteiger partial charge in [-0.1, -0.05) is 49.6 Å². The average molecular weight is 432 g/mol. The lowest BCUT2D eigenvalue weighted by atomic mass is 9.88. The predicted octanol–water partition coefficient (Wildman–Crippen LogP) is 3.43. The molecule has 2 N–H and O–H groups in total. The van der Waals surface area contributed by atoms with E-state index < -0.39 is 6.04 Å². The molecule has 0 spiro atoms. The molecule has 0 radical (unpaired) electrons. The summed E-state index contributed by atoms with van der Waals surface area (Å²) in [5.74, 6) is 0.0199. The lowest BCUT2D eigenvalue weighted by Crippen LogP contribution is -2.40. The highest BCUT2D eigenvalue weighted by Gasteiger charge is 2.27. The van der Waals surface area contributed by atoms with Gasteiger partial charge < -0.3 is 15.3 Å². The zero-order valence-corrected chi connectivity index (χ0v) is 18.2. The number of hydrogen-bond donors (Lipinski definition) is 2. The lowest BCUT2D eigenvalue weighted by Gasteiger charge is -2.22. The smallest absolute Gasteiger partial charge is 0.254 e. The van der Waals surface area contributed by atoms with Crippen molar-refractivity contribution in [1.82, 2.24) is 10.2 Å². The van der Waals surface area contributed by atoms with Crippen molar-refractivity contribution in [2.45, 2.75) is 51.1 Å². The molecule has 1 saturated carbocycles. The van der Waals surface area contributed by atoms with E-state index in [1.807, 2.05) is 42.5 Å². The van der Waals surface area contributed by atoms with Gasteiger partial charge in [0, 0.05) is 31.0 Å². The summed E-state index contributed by atoms with van der Waals surface area (Å²) < 4.78 is 0. The van der Waals surface area contributed by atoms with Crippen molar-refractivity contribution < 1.29 is 14.7 Å². The molecule has 6 nitrogen and oxygen atoms in total. The fourth-order valence-electron chi connectivity index (χ4n) is 4.71. The third kappa shape index (κ3) is 4.84. The van der Waals surface area contributed by atoms with E-state index in [1.54, 1.807) is 4.90 Å². The molecule has 4 rings (SSSR count). The molecule has 1 fully saturated rings. The second kappa shape index (κ2) is 9.97. The van der Waals surface area contributed by atoms with Gasteiger partial charge in [-0.2, -0.15) is 5.26 Å². The zero-order chi connectivity index (χ0) is 22.5. The predicted molar refractivity (Wildman–Crippen MR) is 122 cm³/mol. The number of nitrogens with zero attached hydrogens (tertiary/aromatic N) is 2. The van der Waals surface area contributed by atoms with Crippen molar-refractivity contribution in [3.8, 4) is 17.2 Å². The molecule has 166 valence electrons. The van der Waals surface area contributed by atoms with E-state index in [2.05, 4.69) is 11.4 Å². The standard InChI is InChI=1S/C26H29N3O3/c27-16-23(28-25(31)20-4-2-1-3-5-20)14-18-6-8-19(9-7-18)21-10-11-24-22(15-21)17-29(12-13-30)26(24)32/h6-11,15,20,23,30H,1-5,12-14,17H2,(H,28,31). The third-order valence-corrected chi connectivity index (χ3v) is 6.53. The minimum Gasteiger partial charge on any atom is -0.395 e. The molecule has 32 heavy (non-hydrogen) atoms. The number of carbonyl (C=O) groups is 2. The van der Waals surface area contributed by atoms with E-state index in [4.69, 9.17) is 5.11 Å². The molecule has 0 aromatic heterocycles. The highest BCUT2D eigenvalue weighted by Crippen LogP contribution is 2.29. The van der Waals surface area contributed by atoms with E-state index >= 15 is 0 Å². The number of nitriles is 1. The zero-order valence-electron chi connectivity index (χ0n) is 18.2. The highest BCUT2D eigenvalue weighted by atomic mass is 16.3. The molecule has 6 heteroatoms. The topological polar surface area (TPSA) is 93.4 Å². The largest absolute Gasteiger partial charge is 0.395 e. The Hall–Kier alpha value is -3.17. The van der Waals surface area contributed by atoms with Gasteiger partial charge in [0.1, 0.15) is 6.04 Å². The summed E-state index contributed by atoms with van der Waals surface area (Å²) in [5, 5.41) is 21.6. The molecule has 0 saturated heterocycles. The number of hydrogen-bond acceptors (Lipinski definition) is 4. The van der Waals surface area contributed by atoms with Crippen LogP contribution in [0.5, 0.6) is 0 Å². The monoisotopic (exact) mass is 431 g/mol. The maximum Gasteiger partial charge on any atom is 0.254 e. The number of aliphatic hydroxyl groups excluding tert-OH is 1. The Morgan fingerprint density at radius 2 is 1.84 bits per heavy atom. The molecule has 1 heterocycles. The quantitative estimate of drug-likeness (QED) is 0.702. The first-order valence-electron chi connectivity index (χ1n) is 11.4. The van der Waals surface area contributed by atoms with E-state index in [1.165, 1.54) is 6.42 Å². The average Bonchev–Trinajstić information content (AvgIpc) is 3.14. The van der Waals surface area contributed by atoms with Gasteiger partial charge in [-0.05, 0) is 47.2 Å². The van der Waals surface area contributed by atoms with Crippen molar-refractivity contribution in [3.05, 3.63) is 59.2 Å². The van der Waals surface area contributed by atoms with Crippen molar-refractivity contribution >= 4 is 11.8 Å². The van der Waals surface area contributed by atoms with Crippen LogP contribution in [0, 0.1) is 17.2 Å². The summed E-state index contributed by atoms with van der Waals surface area (Å²) in [6, 6.07) is 15.5. The fourth-order valence-corrected chi connectivity index (χ4v) is 4.71. The molecule has 1 atom stereocenters. The van der Waals surface area contributed by atoms with Crippen LogP contribution in [-0.4, -0.2) is 41.0 Å². The van der Waals surface area contributed by atoms with Crippen molar-refractivity contribution in [2.24, 2.45) is 5.92 Å². The number of β-amino-alcohol motifs (C(OH)–C–C–N with tert-alkyl or cyclic N) is 1. The van der Waals surface area contributed by atoms with E-state index in [0.29, 0.717) is 25.1 Å². The lowest BCUT2D eigenvalue weighted by molar-refractivity contribution is -0.126. The van der Waals surface area contributed by atoms with Crippen LogP contribution < -0.4 is 5.32 Å². The molecule has 1 aliphatic heterocycles. The maximum absolute atomic E-state index is 12.5. The molecule has 1 unspecified atom stereocenters. The fraction of sp³-hybridized carbons (Fsp3) is 0.423. The Balaban J connectivity index is 1.40. The Morgan fingerprint density at radius 3 is 2.53 bits per heavy atom. The van der Waals surface area contributed by atoms with Gasteiger partial charge in [0.25, 0.3) is 5.91 Å². The van der Waals surface area contributed by atoms with Gasteiger partial charge in [-0.3, -0.25) is 9.59 Å². The second-order valence-electron chi connectivity index (χ2n) is 8.75. The number of amides is 2. The normalized spacial score (nSPS) is 17.0. The Labute approximate surface area is 188 Å². The Bertz CT molecular complexity index is 1020. The second-order valence-corrected chi connectivity index (χ2v) is 8.75. The van der Waals surface area contributed by atoms with E-state index in [-0.39, 0.29) is 24.3 Å². The van der Waals surface area contributed by atoms with Gasteiger partial charge in [0.15, 0.2) is 0 Å². The number of benzene rings is 2. The van der Waals surface area contributed by atoms with Crippen LogP contribution in [0.15, 0.2) is 42.5 Å². The number of rotatable bonds is 7. The first-order chi connectivity index (χ1) is 15.6. The van der Waals surface area contributed by atoms with Crippen LogP contribution in [0.4, 0.5) is 0 Å². The highest BCUT2D eigenvalue weighted by molar-refractivity contribution is 5.99. The molecular formula is C26H29N3O3. The van der Waals surface area contributed by atoms with Crippen LogP contribution >= 0.6 is 0 Å². The summed E-state index contributed by atoms with van der Waals surface area (Å²) in [6.45, 7) is 0.818. The number of carbonyl (C=O) groups excluding carboxylic acids is 2. The first kappa shape index (κ1) is 22.0. The van der Waals surface area contributed by atoms with Gasteiger partial charge in [-0.25, -0.2) is 0 Å². The van der Waals surface area contributed by atoms with Gasteiger partial charge in [0.2, 0.25) is 5.91 Å². The number of nitrogens with one attached hydrogen (secondary N) is 1. The van der Waals surface area contributed by atoms with Crippen LogP contribution in [-0.2, 0) is 17.8 Å².